The molecule has 0 saturated carbocycles. The highest BCUT2D eigenvalue weighted by Gasteiger charge is 2.23. The van der Waals surface area contributed by atoms with Crippen LogP contribution in [-0.4, -0.2) is 45.8 Å². The molecule has 1 atom stereocenters. The van der Waals surface area contributed by atoms with Gasteiger partial charge in [-0.15, -0.1) is 0 Å². The van der Waals surface area contributed by atoms with Gasteiger partial charge in [0.05, 0.1) is 12.4 Å². The topological polar surface area (TPSA) is 46.6 Å². The molecule has 4 nitrogen and oxygen atoms in total. The molecule has 0 aliphatic carbocycles. The van der Waals surface area contributed by atoms with Crippen LogP contribution in [0.25, 0.3) is 0 Å². The Bertz CT molecular complexity index is 224. The number of hydrogen-bond donors (Lipinski definition) is 0. The van der Waals surface area contributed by atoms with Crippen LogP contribution in [0.5, 0.6) is 0 Å². The molecule has 1 saturated heterocycles. The van der Waals surface area contributed by atoms with Gasteiger partial charge >= 0.3 is 0 Å². The molecule has 0 radical (unpaired) electrons. The van der Waals surface area contributed by atoms with Crippen LogP contribution < -0.4 is 0 Å². The fourth-order valence-corrected chi connectivity index (χ4v) is 1.87. The molecule has 0 spiro atoms. The van der Waals surface area contributed by atoms with Crippen molar-refractivity contribution in [1.82, 2.24) is 4.90 Å². The van der Waals surface area contributed by atoms with E-state index in [-0.39, 0.29) is 6.10 Å². The number of likely N-dealkylation sites (N-methyl/N-ethyl adjacent to an activating group) is 1. The summed E-state index contributed by atoms with van der Waals surface area (Å²) in [6, 6.07) is 0. The van der Waals surface area contributed by atoms with E-state index in [1.807, 2.05) is 7.05 Å². The van der Waals surface area contributed by atoms with Crippen molar-refractivity contribution in [3.8, 4) is 0 Å². The van der Waals surface area contributed by atoms with Crippen LogP contribution in [-0.2, 0) is 14.3 Å². The van der Waals surface area contributed by atoms with E-state index >= 15 is 0 Å². The molecule has 0 bridgehead atoms. The molecule has 11 heavy (non-hydrogen) atoms. The molecule has 1 fully saturated rings. The largest absolute Gasteiger partial charge is 0.304 e. The maximum absolute atomic E-state index is 10.7. The summed E-state index contributed by atoms with van der Waals surface area (Å²) in [5.41, 5.74) is 0. The summed E-state index contributed by atoms with van der Waals surface area (Å²) in [5, 5.41) is 0. The van der Waals surface area contributed by atoms with Gasteiger partial charge in [-0.2, -0.15) is 8.42 Å². The van der Waals surface area contributed by atoms with E-state index in [2.05, 4.69) is 4.90 Å². The van der Waals surface area contributed by atoms with Gasteiger partial charge in [0.2, 0.25) is 0 Å². The van der Waals surface area contributed by atoms with Crippen molar-refractivity contribution in [3.63, 3.8) is 0 Å². The highest BCUT2D eigenvalue weighted by molar-refractivity contribution is 7.86. The Morgan fingerprint density at radius 1 is 1.55 bits per heavy atom. The molecule has 0 aromatic rings. The van der Waals surface area contributed by atoms with Crippen LogP contribution in [0.2, 0.25) is 0 Å². The van der Waals surface area contributed by atoms with Gasteiger partial charge in [-0.25, -0.2) is 0 Å². The fourth-order valence-electron chi connectivity index (χ4n) is 1.22. The highest BCUT2D eigenvalue weighted by atomic mass is 32.2. The van der Waals surface area contributed by atoms with Gasteiger partial charge in [-0.05, 0) is 13.5 Å². The number of likely N-dealkylation sites (tertiary alicyclic amines) is 1. The van der Waals surface area contributed by atoms with Crippen LogP contribution in [0.1, 0.15) is 6.42 Å². The summed E-state index contributed by atoms with van der Waals surface area (Å²) in [4.78, 5) is 2.05. The van der Waals surface area contributed by atoms with Crippen molar-refractivity contribution < 1.29 is 12.6 Å². The Morgan fingerprint density at radius 3 is 2.55 bits per heavy atom. The van der Waals surface area contributed by atoms with E-state index in [1.54, 1.807) is 0 Å². The van der Waals surface area contributed by atoms with Crippen LogP contribution in [0.15, 0.2) is 0 Å². The van der Waals surface area contributed by atoms with E-state index in [0.29, 0.717) is 6.54 Å². The summed E-state index contributed by atoms with van der Waals surface area (Å²) in [6.07, 6.45) is 1.77. The van der Waals surface area contributed by atoms with Gasteiger partial charge in [-0.1, -0.05) is 0 Å². The molecular formula is C6H13NO3S. The Morgan fingerprint density at radius 2 is 2.18 bits per heavy atom. The second-order valence-electron chi connectivity index (χ2n) is 2.97. The Kier molecular flexibility index (Phi) is 2.51. The van der Waals surface area contributed by atoms with E-state index < -0.39 is 10.1 Å². The maximum atomic E-state index is 10.7. The van der Waals surface area contributed by atoms with Gasteiger partial charge < -0.3 is 4.90 Å². The molecular weight excluding hydrogens is 166 g/mol. The van der Waals surface area contributed by atoms with Gasteiger partial charge in [0.25, 0.3) is 10.1 Å². The SMILES string of the molecule is CN1CC[C@H](OS(C)(=O)=O)C1. The first-order chi connectivity index (χ1) is 4.97. The van der Waals surface area contributed by atoms with E-state index in [9.17, 15) is 8.42 Å². The molecule has 1 heterocycles. The Hall–Kier alpha value is -0.130. The van der Waals surface area contributed by atoms with Crippen LogP contribution in [0, 0.1) is 0 Å². The molecule has 1 rings (SSSR count). The van der Waals surface area contributed by atoms with Gasteiger partial charge in [0.1, 0.15) is 0 Å². The monoisotopic (exact) mass is 179 g/mol. The lowest BCUT2D eigenvalue weighted by atomic mass is 10.3. The minimum atomic E-state index is -3.26. The molecule has 1 aliphatic heterocycles. The number of nitrogens with zero attached hydrogens (tertiary/aromatic N) is 1. The third-order valence-electron chi connectivity index (χ3n) is 1.66. The summed E-state index contributed by atoms with van der Waals surface area (Å²) in [7, 11) is -1.31. The normalized spacial score (nSPS) is 27.6. The lowest BCUT2D eigenvalue weighted by Gasteiger charge is -2.08. The van der Waals surface area contributed by atoms with Gasteiger partial charge in [0, 0.05) is 13.1 Å². The Labute approximate surface area is 67.3 Å². The number of hydrogen-bond acceptors (Lipinski definition) is 4. The quantitative estimate of drug-likeness (QED) is 0.544. The van der Waals surface area contributed by atoms with Crippen molar-refractivity contribution in [2.45, 2.75) is 12.5 Å². The zero-order valence-electron chi connectivity index (χ0n) is 6.78. The van der Waals surface area contributed by atoms with Crippen molar-refractivity contribution >= 4 is 10.1 Å². The average molecular weight is 179 g/mol. The van der Waals surface area contributed by atoms with Gasteiger partial charge in [-0.3, -0.25) is 4.18 Å². The smallest absolute Gasteiger partial charge is 0.264 e. The minimum absolute atomic E-state index is 0.130. The van der Waals surface area contributed by atoms with Crippen molar-refractivity contribution in [3.05, 3.63) is 0 Å². The first-order valence-corrected chi connectivity index (χ1v) is 5.36. The molecule has 0 aromatic carbocycles. The standard InChI is InChI=1S/C6H13NO3S/c1-7-4-3-6(5-7)10-11(2,8)9/h6H,3-5H2,1-2H3/t6-/m0/s1. The van der Waals surface area contributed by atoms with Crippen molar-refractivity contribution in [2.24, 2.45) is 0 Å². The summed E-state index contributed by atoms with van der Waals surface area (Å²) in [5.74, 6) is 0. The van der Waals surface area contributed by atoms with Crippen LogP contribution in [0.4, 0.5) is 0 Å². The van der Waals surface area contributed by atoms with E-state index in [4.69, 9.17) is 4.18 Å². The summed E-state index contributed by atoms with van der Waals surface area (Å²) < 4.78 is 26.1. The lowest BCUT2D eigenvalue weighted by Crippen LogP contribution is -2.21. The first-order valence-electron chi connectivity index (χ1n) is 3.54. The van der Waals surface area contributed by atoms with Crippen molar-refractivity contribution in [1.29, 1.82) is 0 Å². The first kappa shape index (κ1) is 8.96. The van der Waals surface area contributed by atoms with Gasteiger partial charge in [0.15, 0.2) is 0 Å². The molecule has 0 amide bonds. The molecule has 5 heteroatoms. The zero-order chi connectivity index (χ0) is 8.48. The lowest BCUT2D eigenvalue weighted by molar-refractivity contribution is 0.217. The molecule has 0 aromatic heterocycles. The zero-order valence-corrected chi connectivity index (χ0v) is 7.60. The second kappa shape index (κ2) is 3.08. The molecule has 0 N–H and O–H groups in total. The second-order valence-corrected chi connectivity index (χ2v) is 4.57. The molecule has 1 aliphatic rings. The molecule has 0 unspecified atom stereocenters. The fraction of sp³-hybridized carbons (Fsp3) is 1.00. The average Bonchev–Trinajstić information content (AvgIpc) is 2.10. The maximum Gasteiger partial charge on any atom is 0.264 e. The summed E-state index contributed by atoms with van der Waals surface area (Å²) >= 11 is 0. The predicted octanol–water partition coefficient (Wildman–Crippen LogP) is -0.333. The Balaban J connectivity index is 2.41. The molecule has 66 valence electrons. The van der Waals surface area contributed by atoms with Crippen LogP contribution >= 0.6 is 0 Å². The predicted molar refractivity (Wildman–Crippen MR) is 41.8 cm³/mol. The van der Waals surface area contributed by atoms with E-state index in [1.165, 1.54) is 0 Å². The highest BCUT2D eigenvalue weighted by Crippen LogP contribution is 2.11. The number of rotatable bonds is 2. The van der Waals surface area contributed by atoms with Crippen molar-refractivity contribution in [2.75, 3.05) is 26.4 Å². The van der Waals surface area contributed by atoms with E-state index in [0.717, 1.165) is 19.2 Å². The third-order valence-corrected chi connectivity index (χ3v) is 2.28. The third kappa shape index (κ3) is 3.18. The summed E-state index contributed by atoms with van der Waals surface area (Å²) in [6.45, 7) is 1.63. The minimum Gasteiger partial charge on any atom is -0.304 e. The van der Waals surface area contributed by atoms with Crippen LogP contribution in [0.3, 0.4) is 0 Å².